The highest BCUT2D eigenvalue weighted by Crippen LogP contribution is 2.36. The minimum Gasteiger partial charge on any atom is -0.478 e. The number of carboxylic acid groups (broad SMARTS) is 1. The van der Waals surface area contributed by atoms with Crippen molar-refractivity contribution in [1.29, 1.82) is 0 Å². The summed E-state index contributed by atoms with van der Waals surface area (Å²) >= 11 is 0. The Labute approximate surface area is 97.5 Å². The molecule has 0 aliphatic heterocycles. The lowest BCUT2D eigenvalue weighted by atomic mass is 10.2. The van der Waals surface area contributed by atoms with E-state index < -0.39 is 14.0 Å². The maximum absolute atomic E-state index is 11.2. The fraction of sp³-hybridized carbons (Fsp3) is 0.583. The average Bonchev–Trinajstić information content (AvgIpc) is 2.45. The summed E-state index contributed by atoms with van der Waals surface area (Å²) in [5.41, 5.74) is 1.08. The van der Waals surface area contributed by atoms with E-state index in [1.54, 1.807) is 13.2 Å². The van der Waals surface area contributed by atoms with Gasteiger partial charge in [0.15, 0.2) is 0 Å². The summed E-state index contributed by atoms with van der Waals surface area (Å²) < 4.78 is 5.53. The Bertz CT molecular complexity index is 410. The first kappa shape index (κ1) is 13.0. The topological polar surface area (TPSA) is 50.4 Å². The van der Waals surface area contributed by atoms with Gasteiger partial charge in [0.05, 0.1) is 17.2 Å². The molecule has 90 valence electrons. The van der Waals surface area contributed by atoms with Crippen LogP contribution in [0.5, 0.6) is 0 Å². The van der Waals surface area contributed by atoms with E-state index >= 15 is 0 Å². The van der Waals surface area contributed by atoms with Gasteiger partial charge in [-0.15, -0.1) is 0 Å². The van der Waals surface area contributed by atoms with Crippen molar-refractivity contribution in [2.24, 2.45) is 0 Å². The Hall–Kier alpha value is -1.03. The summed E-state index contributed by atoms with van der Waals surface area (Å²) in [6.45, 7) is 12.5. The molecule has 0 saturated carbocycles. The van der Waals surface area contributed by atoms with Crippen LogP contribution in [0.15, 0.2) is 10.7 Å². The zero-order valence-corrected chi connectivity index (χ0v) is 11.8. The Morgan fingerprint density at radius 1 is 1.38 bits per heavy atom. The third kappa shape index (κ3) is 1.94. The van der Waals surface area contributed by atoms with Crippen molar-refractivity contribution in [2.45, 2.75) is 45.8 Å². The number of hydrogen-bond donors (Lipinski definition) is 1. The van der Waals surface area contributed by atoms with Crippen molar-refractivity contribution < 1.29 is 14.3 Å². The molecule has 0 amide bonds. The van der Waals surface area contributed by atoms with Crippen LogP contribution in [0.2, 0.25) is 18.1 Å². The minimum absolute atomic E-state index is 0.0709. The number of carboxylic acids is 1. The van der Waals surface area contributed by atoms with Crippen LogP contribution < -0.4 is 5.38 Å². The standard InChI is InChI=1S/C12H20O3Si/c1-8-7-15-11(9(8)10(13)14)16(5,6)12(2,3)4/h7H,1-6H3,(H,13,14). The van der Waals surface area contributed by atoms with E-state index in [1.165, 1.54) is 0 Å². The monoisotopic (exact) mass is 240 g/mol. The third-order valence-electron chi connectivity index (χ3n) is 3.63. The molecule has 1 aromatic heterocycles. The predicted molar refractivity (Wildman–Crippen MR) is 67.2 cm³/mol. The molecular formula is C12H20O3Si. The van der Waals surface area contributed by atoms with E-state index in [4.69, 9.17) is 4.42 Å². The van der Waals surface area contributed by atoms with Crippen LogP contribution in [0.1, 0.15) is 36.7 Å². The van der Waals surface area contributed by atoms with Crippen LogP contribution in [0.4, 0.5) is 0 Å². The van der Waals surface area contributed by atoms with Gasteiger partial charge in [-0.25, -0.2) is 4.79 Å². The van der Waals surface area contributed by atoms with Crippen molar-refractivity contribution >= 4 is 19.4 Å². The first-order valence-electron chi connectivity index (χ1n) is 5.41. The third-order valence-corrected chi connectivity index (χ3v) is 8.88. The lowest BCUT2D eigenvalue weighted by Crippen LogP contribution is -2.50. The number of aryl methyl sites for hydroxylation is 1. The van der Waals surface area contributed by atoms with Crippen molar-refractivity contribution in [3.8, 4) is 0 Å². The maximum atomic E-state index is 11.2. The second-order valence-electron chi connectivity index (χ2n) is 5.80. The van der Waals surface area contributed by atoms with Gasteiger partial charge >= 0.3 is 5.97 Å². The number of rotatable bonds is 2. The van der Waals surface area contributed by atoms with Crippen LogP contribution in [0, 0.1) is 6.92 Å². The van der Waals surface area contributed by atoms with Gasteiger partial charge in [0, 0.05) is 5.56 Å². The summed E-state index contributed by atoms with van der Waals surface area (Å²) in [5, 5.41) is 10.00. The molecule has 3 nitrogen and oxygen atoms in total. The summed E-state index contributed by atoms with van der Waals surface area (Å²) in [5.74, 6) is -0.883. The minimum atomic E-state index is -1.92. The summed E-state index contributed by atoms with van der Waals surface area (Å²) in [4.78, 5) is 11.2. The molecule has 0 saturated heterocycles. The summed E-state index contributed by atoms with van der Waals surface area (Å²) in [6.07, 6.45) is 1.55. The van der Waals surface area contributed by atoms with Crippen molar-refractivity contribution in [1.82, 2.24) is 0 Å². The smallest absolute Gasteiger partial charge is 0.339 e. The molecular weight excluding hydrogens is 220 g/mol. The number of carbonyl (C=O) groups is 1. The fourth-order valence-electron chi connectivity index (χ4n) is 1.51. The van der Waals surface area contributed by atoms with Gasteiger partial charge in [-0.2, -0.15) is 0 Å². The lowest BCUT2D eigenvalue weighted by molar-refractivity contribution is 0.0697. The predicted octanol–water partition coefficient (Wildman–Crippen LogP) is 3.00. The fourth-order valence-corrected chi connectivity index (χ4v) is 3.47. The normalized spacial score (nSPS) is 12.9. The van der Waals surface area contributed by atoms with Gasteiger partial charge in [0.2, 0.25) is 0 Å². The van der Waals surface area contributed by atoms with Gasteiger partial charge in [0.1, 0.15) is 8.07 Å². The van der Waals surface area contributed by atoms with Gasteiger partial charge in [-0.1, -0.05) is 33.9 Å². The van der Waals surface area contributed by atoms with Gasteiger partial charge in [-0.05, 0) is 12.0 Å². The Morgan fingerprint density at radius 3 is 2.25 bits per heavy atom. The number of aromatic carboxylic acids is 1. The van der Waals surface area contributed by atoms with Crippen molar-refractivity contribution in [3.05, 3.63) is 17.4 Å². The van der Waals surface area contributed by atoms with Crippen LogP contribution in [0.25, 0.3) is 0 Å². The summed E-state index contributed by atoms with van der Waals surface area (Å²) in [6, 6.07) is 0. The molecule has 0 aromatic carbocycles. The Kier molecular flexibility index (Phi) is 3.07. The SMILES string of the molecule is Cc1coc([Si](C)(C)C(C)(C)C)c1C(=O)O. The molecule has 0 radical (unpaired) electrons. The van der Waals surface area contributed by atoms with E-state index in [0.29, 0.717) is 16.5 Å². The highest BCUT2D eigenvalue weighted by molar-refractivity contribution is 6.91. The quantitative estimate of drug-likeness (QED) is 0.808. The zero-order chi connectivity index (χ0) is 12.7. The molecule has 4 heteroatoms. The molecule has 0 atom stereocenters. The van der Waals surface area contributed by atoms with Crippen LogP contribution in [0.3, 0.4) is 0 Å². The second kappa shape index (κ2) is 3.77. The molecule has 0 aliphatic rings. The molecule has 1 heterocycles. The molecule has 1 rings (SSSR count). The van der Waals surface area contributed by atoms with E-state index in [-0.39, 0.29) is 5.04 Å². The van der Waals surface area contributed by atoms with Gasteiger partial charge in [0.25, 0.3) is 0 Å². The van der Waals surface area contributed by atoms with Crippen molar-refractivity contribution in [2.75, 3.05) is 0 Å². The first-order chi connectivity index (χ1) is 7.09. The first-order valence-corrected chi connectivity index (χ1v) is 8.41. The second-order valence-corrected chi connectivity index (χ2v) is 11.0. The molecule has 0 fully saturated rings. The number of hydrogen-bond acceptors (Lipinski definition) is 2. The van der Waals surface area contributed by atoms with Crippen LogP contribution in [-0.2, 0) is 0 Å². The van der Waals surface area contributed by atoms with Crippen molar-refractivity contribution in [3.63, 3.8) is 0 Å². The van der Waals surface area contributed by atoms with Gasteiger partial charge in [-0.3, -0.25) is 0 Å². The summed E-state index contributed by atoms with van der Waals surface area (Å²) in [7, 11) is -1.92. The largest absolute Gasteiger partial charge is 0.478 e. The van der Waals surface area contributed by atoms with E-state index in [9.17, 15) is 9.90 Å². The molecule has 16 heavy (non-hydrogen) atoms. The molecule has 0 bridgehead atoms. The Balaban J connectivity index is 3.40. The molecule has 0 unspecified atom stereocenters. The lowest BCUT2D eigenvalue weighted by Gasteiger charge is -2.35. The zero-order valence-electron chi connectivity index (χ0n) is 10.8. The maximum Gasteiger partial charge on any atom is 0.339 e. The van der Waals surface area contributed by atoms with E-state index in [0.717, 1.165) is 0 Å². The average molecular weight is 240 g/mol. The Morgan fingerprint density at radius 2 is 1.88 bits per heavy atom. The molecule has 0 spiro atoms. The molecule has 1 aromatic rings. The highest BCUT2D eigenvalue weighted by Gasteiger charge is 2.43. The van der Waals surface area contributed by atoms with Crippen LogP contribution in [-0.4, -0.2) is 19.1 Å². The van der Waals surface area contributed by atoms with E-state index in [1.807, 2.05) is 0 Å². The van der Waals surface area contributed by atoms with E-state index in [2.05, 4.69) is 33.9 Å². The molecule has 1 N–H and O–H groups in total. The number of furan rings is 1. The van der Waals surface area contributed by atoms with Gasteiger partial charge < -0.3 is 9.52 Å². The van der Waals surface area contributed by atoms with Crippen LogP contribution >= 0.6 is 0 Å². The molecule has 0 aliphatic carbocycles. The highest BCUT2D eigenvalue weighted by atomic mass is 28.3.